The second-order valence-corrected chi connectivity index (χ2v) is 8.27. The van der Waals surface area contributed by atoms with Gasteiger partial charge in [0.25, 0.3) is 0 Å². The van der Waals surface area contributed by atoms with Crippen molar-refractivity contribution in [1.82, 2.24) is 4.31 Å². The van der Waals surface area contributed by atoms with Gasteiger partial charge < -0.3 is 0 Å². The van der Waals surface area contributed by atoms with E-state index in [1.54, 1.807) is 24.9 Å². The molecule has 0 saturated carbocycles. The number of thioether (sulfide) groups is 1. The Balaban J connectivity index is 3.17. The molecule has 0 spiro atoms. The first-order valence-corrected chi connectivity index (χ1v) is 9.64. The molecule has 1 rings (SSSR count). The molecule has 0 saturated heterocycles. The molecule has 0 aliphatic rings. The predicted octanol–water partition coefficient (Wildman–Crippen LogP) is 3.08. The first-order chi connectivity index (χ1) is 9.34. The Morgan fingerprint density at radius 1 is 1.50 bits per heavy atom. The highest BCUT2D eigenvalue weighted by atomic mass is 79.9. The zero-order chi connectivity index (χ0) is 15.3. The van der Waals surface area contributed by atoms with Crippen LogP contribution in [0.2, 0.25) is 0 Å². The van der Waals surface area contributed by atoms with Gasteiger partial charge in [-0.1, -0.05) is 15.9 Å². The van der Waals surface area contributed by atoms with Gasteiger partial charge in [0.15, 0.2) is 0 Å². The number of halogens is 1. The Kier molecular flexibility index (Phi) is 6.52. The Morgan fingerprint density at radius 2 is 2.15 bits per heavy atom. The molecule has 20 heavy (non-hydrogen) atoms. The molecule has 4 nitrogen and oxygen atoms in total. The van der Waals surface area contributed by atoms with E-state index in [4.69, 9.17) is 5.26 Å². The maximum absolute atomic E-state index is 12.6. The smallest absolute Gasteiger partial charge is 0.207 e. The van der Waals surface area contributed by atoms with Crippen LogP contribution in [-0.2, 0) is 10.0 Å². The lowest BCUT2D eigenvalue weighted by molar-refractivity contribution is 0.382. The number of hydrogen-bond acceptors (Lipinski definition) is 4. The van der Waals surface area contributed by atoms with E-state index in [1.807, 2.05) is 19.2 Å². The molecule has 0 unspecified atom stereocenters. The van der Waals surface area contributed by atoms with E-state index in [2.05, 4.69) is 15.9 Å². The van der Waals surface area contributed by atoms with E-state index in [0.717, 1.165) is 12.2 Å². The molecule has 0 amide bonds. The quantitative estimate of drug-likeness (QED) is 0.765. The molecule has 0 radical (unpaired) electrons. The fourth-order valence-corrected chi connectivity index (χ4v) is 4.31. The standard InChI is InChI=1S/C13H17BrN2O2S2/c1-10(6-7-19-3)16(2)20(17,18)13-8-12(14)5-4-11(13)9-15/h4-5,8,10H,6-7H2,1-3H3/t10-/m0/s1. The number of benzene rings is 1. The lowest BCUT2D eigenvalue weighted by Crippen LogP contribution is -2.35. The largest absolute Gasteiger partial charge is 0.244 e. The van der Waals surface area contributed by atoms with Crippen LogP contribution in [-0.4, -0.2) is 37.8 Å². The molecule has 0 N–H and O–H groups in total. The van der Waals surface area contributed by atoms with Gasteiger partial charge in [-0.2, -0.15) is 21.3 Å². The Morgan fingerprint density at radius 3 is 2.70 bits per heavy atom. The number of hydrogen-bond donors (Lipinski definition) is 0. The van der Waals surface area contributed by atoms with Gasteiger partial charge in [0.05, 0.1) is 5.56 Å². The summed E-state index contributed by atoms with van der Waals surface area (Å²) in [5.74, 6) is 0.893. The third-order valence-electron chi connectivity index (χ3n) is 3.08. The molecule has 0 fully saturated rings. The van der Waals surface area contributed by atoms with Crippen molar-refractivity contribution in [2.45, 2.75) is 24.3 Å². The van der Waals surface area contributed by atoms with Gasteiger partial charge in [0.1, 0.15) is 11.0 Å². The molecule has 1 atom stereocenters. The van der Waals surface area contributed by atoms with Crippen molar-refractivity contribution in [2.75, 3.05) is 19.1 Å². The molecular weight excluding hydrogens is 360 g/mol. The van der Waals surface area contributed by atoms with Crippen LogP contribution in [0.3, 0.4) is 0 Å². The van der Waals surface area contributed by atoms with E-state index < -0.39 is 10.0 Å². The van der Waals surface area contributed by atoms with Crippen molar-refractivity contribution in [2.24, 2.45) is 0 Å². The highest BCUT2D eigenvalue weighted by Gasteiger charge is 2.27. The maximum Gasteiger partial charge on any atom is 0.244 e. The summed E-state index contributed by atoms with van der Waals surface area (Å²) >= 11 is 4.93. The van der Waals surface area contributed by atoms with Crippen molar-refractivity contribution in [1.29, 1.82) is 5.26 Å². The molecule has 7 heteroatoms. The molecule has 0 heterocycles. The first-order valence-electron chi connectivity index (χ1n) is 6.01. The average molecular weight is 377 g/mol. The van der Waals surface area contributed by atoms with Gasteiger partial charge in [0.2, 0.25) is 10.0 Å². The third kappa shape index (κ3) is 3.98. The van der Waals surface area contributed by atoms with Crippen LogP contribution < -0.4 is 0 Å². The summed E-state index contributed by atoms with van der Waals surface area (Å²) in [5.41, 5.74) is 0.164. The zero-order valence-electron chi connectivity index (χ0n) is 11.6. The van der Waals surface area contributed by atoms with E-state index in [9.17, 15) is 8.42 Å². The number of nitriles is 1. The number of nitrogens with zero attached hydrogens (tertiary/aromatic N) is 2. The topological polar surface area (TPSA) is 61.2 Å². The fourth-order valence-electron chi connectivity index (χ4n) is 1.66. The van der Waals surface area contributed by atoms with Crippen molar-refractivity contribution in [3.63, 3.8) is 0 Å². The van der Waals surface area contributed by atoms with Crippen molar-refractivity contribution >= 4 is 37.7 Å². The van der Waals surface area contributed by atoms with Gasteiger partial charge in [-0.25, -0.2) is 8.42 Å². The number of sulfonamides is 1. The van der Waals surface area contributed by atoms with Gasteiger partial charge in [0, 0.05) is 17.6 Å². The average Bonchev–Trinajstić information content (AvgIpc) is 2.43. The van der Waals surface area contributed by atoms with Crippen LogP contribution in [0.25, 0.3) is 0 Å². The third-order valence-corrected chi connectivity index (χ3v) is 6.23. The Labute approximate surface area is 133 Å². The minimum absolute atomic E-state index is 0.0490. The summed E-state index contributed by atoms with van der Waals surface area (Å²) in [5, 5.41) is 9.08. The molecule has 1 aromatic carbocycles. The van der Waals surface area contributed by atoms with Gasteiger partial charge >= 0.3 is 0 Å². The van der Waals surface area contributed by atoms with Crippen molar-refractivity contribution in [3.8, 4) is 6.07 Å². The fraction of sp³-hybridized carbons (Fsp3) is 0.462. The molecule has 0 aromatic heterocycles. The van der Waals surface area contributed by atoms with Crippen LogP contribution in [0.4, 0.5) is 0 Å². The molecule has 110 valence electrons. The first kappa shape index (κ1) is 17.5. The predicted molar refractivity (Wildman–Crippen MR) is 86.3 cm³/mol. The summed E-state index contributed by atoms with van der Waals surface area (Å²) in [4.78, 5) is 0.0490. The summed E-state index contributed by atoms with van der Waals surface area (Å²) in [6, 6.07) is 6.47. The molecular formula is C13H17BrN2O2S2. The zero-order valence-corrected chi connectivity index (χ0v) is 14.8. The lowest BCUT2D eigenvalue weighted by atomic mass is 10.2. The highest BCUT2D eigenvalue weighted by molar-refractivity contribution is 9.10. The molecule has 0 aliphatic carbocycles. The number of rotatable bonds is 6. The lowest BCUT2D eigenvalue weighted by Gasteiger charge is -2.24. The summed E-state index contributed by atoms with van der Waals surface area (Å²) < 4.78 is 27.2. The summed E-state index contributed by atoms with van der Waals surface area (Å²) in [6.07, 6.45) is 2.76. The molecule has 0 aliphatic heterocycles. The van der Waals surface area contributed by atoms with Gasteiger partial charge in [-0.3, -0.25) is 0 Å². The van der Waals surface area contributed by atoms with Crippen molar-refractivity contribution in [3.05, 3.63) is 28.2 Å². The van der Waals surface area contributed by atoms with E-state index >= 15 is 0 Å². The summed E-state index contributed by atoms with van der Waals surface area (Å²) in [7, 11) is -2.10. The maximum atomic E-state index is 12.6. The van der Waals surface area contributed by atoms with E-state index in [1.165, 1.54) is 16.4 Å². The SMILES string of the molecule is CSCC[C@H](C)N(C)S(=O)(=O)c1cc(Br)ccc1C#N. The second-order valence-electron chi connectivity index (χ2n) is 4.40. The highest BCUT2D eigenvalue weighted by Crippen LogP contribution is 2.25. The van der Waals surface area contributed by atoms with E-state index in [0.29, 0.717) is 4.47 Å². The van der Waals surface area contributed by atoms with Crippen LogP contribution in [0.1, 0.15) is 18.9 Å². The van der Waals surface area contributed by atoms with Crippen LogP contribution in [0.15, 0.2) is 27.6 Å². The van der Waals surface area contributed by atoms with Crippen LogP contribution >= 0.6 is 27.7 Å². The van der Waals surface area contributed by atoms with E-state index in [-0.39, 0.29) is 16.5 Å². The van der Waals surface area contributed by atoms with Crippen molar-refractivity contribution < 1.29 is 8.42 Å². The van der Waals surface area contributed by atoms with Crippen LogP contribution in [0, 0.1) is 11.3 Å². The monoisotopic (exact) mass is 376 g/mol. The minimum atomic E-state index is -3.66. The van der Waals surface area contributed by atoms with Crippen LogP contribution in [0.5, 0.6) is 0 Å². The Hall–Kier alpha value is -0.550. The summed E-state index contributed by atoms with van der Waals surface area (Å²) in [6.45, 7) is 1.87. The minimum Gasteiger partial charge on any atom is -0.207 e. The second kappa shape index (κ2) is 7.46. The van der Waals surface area contributed by atoms with Gasteiger partial charge in [-0.15, -0.1) is 0 Å². The molecule has 0 bridgehead atoms. The van der Waals surface area contributed by atoms with Gasteiger partial charge in [-0.05, 0) is 43.6 Å². The normalized spacial score (nSPS) is 13.2. The Bertz CT molecular complexity index is 611. The molecule has 1 aromatic rings.